The molecule has 0 atom stereocenters. The quantitative estimate of drug-likeness (QED) is 0.692. The average molecular weight is 196 g/mol. The first-order valence-corrected chi connectivity index (χ1v) is 5.26. The maximum Gasteiger partial charge on any atom is 0.133 e. The van der Waals surface area contributed by atoms with Crippen LogP contribution < -0.4 is 0 Å². The van der Waals surface area contributed by atoms with Crippen LogP contribution in [0.1, 0.15) is 38.5 Å². The Balaban J connectivity index is 2.07. The molecule has 0 bridgehead atoms. The monoisotopic (exact) mass is 196 g/mol. The summed E-state index contributed by atoms with van der Waals surface area (Å²) in [6, 6.07) is 0. The zero-order chi connectivity index (χ0) is 10.0. The molecule has 0 aromatic rings. The van der Waals surface area contributed by atoms with Gasteiger partial charge in [0.15, 0.2) is 0 Å². The number of ether oxygens (including phenoxy) is 1. The highest BCUT2D eigenvalue weighted by molar-refractivity contribution is 5.79. The van der Waals surface area contributed by atoms with Crippen LogP contribution in [0, 0.1) is 0 Å². The van der Waals surface area contributed by atoms with E-state index in [1.807, 2.05) is 0 Å². The van der Waals surface area contributed by atoms with Crippen molar-refractivity contribution in [2.45, 2.75) is 44.1 Å². The van der Waals surface area contributed by atoms with E-state index in [1.165, 1.54) is 0 Å². The third-order valence-corrected chi connectivity index (χ3v) is 3.17. The van der Waals surface area contributed by atoms with Gasteiger partial charge in [-0.2, -0.15) is 0 Å². The summed E-state index contributed by atoms with van der Waals surface area (Å²) < 4.78 is 5.22. The smallest absolute Gasteiger partial charge is 0.133 e. The molecule has 0 aromatic heterocycles. The molecule has 1 aliphatic carbocycles. The first-order valence-electron chi connectivity index (χ1n) is 5.26. The van der Waals surface area contributed by atoms with E-state index in [0.29, 0.717) is 25.7 Å². The molecule has 0 amide bonds. The highest BCUT2D eigenvalue weighted by Gasteiger charge is 2.36. The van der Waals surface area contributed by atoms with E-state index in [2.05, 4.69) is 0 Å². The lowest BCUT2D eigenvalue weighted by molar-refractivity contribution is -0.124. The molecule has 3 heteroatoms. The maximum absolute atomic E-state index is 11.1. The summed E-state index contributed by atoms with van der Waals surface area (Å²) in [4.78, 5) is 11.1. The zero-order valence-corrected chi connectivity index (χ0v) is 8.29. The van der Waals surface area contributed by atoms with Crippen molar-refractivity contribution in [1.82, 2.24) is 0 Å². The summed E-state index contributed by atoms with van der Waals surface area (Å²) in [5, 5.41) is 10.3. The molecule has 1 aliphatic heterocycles. The van der Waals surface area contributed by atoms with Crippen molar-refractivity contribution >= 4 is 5.78 Å². The summed E-state index contributed by atoms with van der Waals surface area (Å²) in [6.45, 7) is 0.749. The summed E-state index contributed by atoms with van der Waals surface area (Å²) in [6.07, 6.45) is 5.73. The van der Waals surface area contributed by atoms with E-state index in [4.69, 9.17) is 4.74 Å². The zero-order valence-electron chi connectivity index (χ0n) is 8.29. The molecule has 1 saturated carbocycles. The van der Waals surface area contributed by atoms with Gasteiger partial charge in [-0.25, -0.2) is 0 Å². The van der Waals surface area contributed by atoms with Gasteiger partial charge in [0.1, 0.15) is 5.78 Å². The summed E-state index contributed by atoms with van der Waals surface area (Å²) in [5.41, 5.74) is 0.227. The third kappa shape index (κ3) is 1.82. The molecule has 1 N–H and O–H groups in total. The van der Waals surface area contributed by atoms with Gasteiger partial charge in [0.05, 0.1) is 18.5 Å². The molecular weight excluding hydrogens is 180 g/mol. The second kappa shape index (κ2) is 3.73. The lowest BCUT2D eigenvalue weighted by atomic mass is 9.77. The molecule has 0 spiro atoms. The largest absolute Gasteiger partial charge is 0.501 e. The minimum absolute atomic E-state index is 0.270. The van der Waals surface area contributed by atoms with E-state index in [-0.39, 0.29) is 5.78 Å². The molecule has 2 rings (SSSR count). The first kappa shape index (κ1) is 9.71. The maximum atomic E-state index is 11.1. The lowest BCUT2D eigenvalue weighted by Crippen LogP contribution is -2.37. The number of rotatable bonds is 1. The van der Waals surface area contributed by atoms with Gasteiger partial charge >= 0.3 is 0 Å². The van der Waals surface area contributed by atoms with Crippen molar-refractivity contribution in [2.75, 3.05) is 6.61 Å². The van der Waals surface area contributed by atoms with Crippen molar-refractivity contribution in [1.29, 1.82) is 0 Å². The molecule has 1 heterocycles. The number of ketones is 1. The van der Waals surface area contributed by atoms with Crippen molar-refractivity contribution in [3.05, 3.63) is 11.8 Å². The summed E-state index contributed by atoms with van der Waals surface area (Å²) in [5.74, 6) is 0.270. The SMILES string of the molecule is O=C1CCC(O)(C2=COCCC2)CC1. The number of carbonyl (C=O) groups excluding carboxylic acids is 1. The molecule has 0 aromatic carbocycles. The number of aliphatic hydroxyl groups is 1. The minimum atomic E-state index is -0.756. The van der Waals surface area contributed by atoms with Crippen LogP contribution in [0.3, 0.4) is 0 Å². The topological polar surface area (TPSA) is 46.5 Å². The lowest BCUT2D eigenvalue weighted by Gasteiger charge is -2.35. The van der Waals surface area contributed by atoms with Crippen LogP contribution in [0.25, 0.3) is 0 Å². The van der Waals surface area contributed by atoms with Crippen LogP contribution in [0.15, 0.2) is 11.8 Å². The van der Waals surface area contributed by atoms with Crippen LogP contribution in [-0.4, -0.2) is 23.1 Å². The van der Waals surface area contributed by atoms with E-state index in [1.54, 1.807) is 6.26 Å². The van der Waals surface area contributed by atoms with E-state index in [0.717, 1.165) is 25.0 Å². The standard InChI is InChI=1S/C11H16O3/c12-10-3-5-11(13,6-4-10)9-2-1-7-14-8-9/h8,13H,1-7H2. The van der Waals surface area contributed by atoms with Gasteiger partial charge in [0.25, 0.3) is 0 Å². The average Bonchev–Trinajstić information content (AvgIpc) is 2.24. The second-order valence-electron chi connectivity index (χ2n) is 4.19. The molecule has 1 fully saturated rings. The Bertz CT molecular complexity index is 258. The van der Waals surface area contributed by atoms with Gasteiger partial charge in [-0.1, -0.05) is 0 Å². The number of hydrogen-bond donors (Lipinski definition) is 1. The van der Waals surface area contributed by atoms with E-state index < -0.39 is 5.60 Å². The number of Topliss-reactive ketones (excluding diaryl/α,β-unsaturated/α-hetero) is 1. The van der Waals surface area contributed by atoms with Gasteiger partial charge < -0.3 is 9.84 Å². The van der Waals surface area contributed by atoms with Crippen molar-refractivity contribution in [3.8, 4) is 0 Å². The van der Waals surface area contributed by atoms with Crippen LogP contribution in [0.5, 0.6) is 0 Å². The Morgan fingerprint density at radius 1 is 1.29 bits per heavy atom. The summed E-state index contributed by atoms with van der Waals surface area (Å²) >= 11 is 0. The molecule has 78 valence electrons. The van der Waals surface area contributed by atoms with E-state index in [9.17, 15) is 9.90 Å². The van der Waals surface area contributed by atoms with Crippen molar-refractivity contribution < 1.29 is 14.6 Å². The van der Waals surface area contributed by atoms with Crippen molar-refractivity contribution in [2.24, 2.45) is 0 Å². The molecule has 0 unspecified atom stereocenters. The van der Waals surface area contributed by atoms with Crippen molar-refractivity contribution in [3.63, 3.8) is 0 Å². The van der Waals surface area contributed by atoms with Crippen LogP contribution in [0.4, 0.5) is 0 Å². The number of hydrogen-bond acceptors (Lipinski definition) is 3. The van der Waals surface area contributed by atoms with Crippen LogP contribution in [0.2, 0.25) is 0 Å². The molecule has 3 nitrogen and oxygen atoms in total. The van der Waals surface area contributed by atoms with Crippen LogP contribution in [-0.2, 0) is 9.53 Å². The van der Waals surface area contributed by atoms with Gasteiger partial charge in [-0.05, 0) is 31.3 Å². The Morgan fingerprint density at radius 2 is 2.00 bits per heavy atom. The third-order valence-electron chi connectivity index (χ3n) is 3.17. The predicted octanol–water partition coefficient (Wildman–Crippen LogP) is 1.55. The molecule has 0 radical (unpaired) electrons. The molecular formula is C11H16O3. The Kier molecular flexibility index (Phi) is 2.59. The fraction of sp³-hybridized carbons (Fsp3) is 0.727. The van der Waals surface area contributed by atoms with Gasteiger partial charge in [-0.3, -0.25) is 4.79 Å². The Hall–Kier alpha value is -0.830. The summed E-state index contributed by atoms with van der Waals surface area (Å²) in [7, 11) is 0. The predicted molar refractivity (Wildman–Crippen MR) is 51.7 cm³/mol. The number of carbonyl (C=O) groups is 1. The van der Waals surface area contributed by atoms with Gasteiger partial charge in [-0.15, -0.1) is 0 Å². The fourth-order valence-electron chi connectivity index (χ4n) is 2.17. The normalized spacial score (nSPS) is 26.6. The fourth-order valence-corrected chi connectivity index (χ4v) is 2.17. The van der Waals surface area contributed by atoms with Gasteiger partial charge in [0, 0.05) is 12.8 Å². The Labute approximate surface area is 83.8 Å². The second-order valence-corrected chi connectivity index (χ2v) is 4.19. The minimum Gasteiger partial charge on any atom is -0.501 e. The van der Waals surface area contributed by atoms with E-state index >= 15 is 0 Å². The molecule has 2 aliphatic rings. The first-order chi connectivity index (χ1) is 6.71. The molecule has 0 saturated heterocycles. The Morgan fingerprint density at radius 3 is 2.57 bits per heavy atom. The highest BCUT2D eigenvalue weighted by atomic mass is 16.5. The van der Waals surface area contributed by atoms with Gasteiger partial charge in [0.2, 0.25) is 0 Å². The highest BCUT2D eigenvalue weighted by Crippen LogP contribution is 2.36. The van der Waals surface area contributed by atoms with Crippen LogP contribution >= 0.6 is 0 Å². The molecule has 14 heavy (non-hydrogen) atoms.